The van der Waals surface area contributed by atoms with Crippen molar-refractivity contribution in [2.75, 3.05) is 7.11 Å². The SMILES string of the molecule is COc1ccc(Br)cc1/C=N\NC(=O)[C@H](C)Oc1cccc2ccccc12. The van der Waals surface area contributed by atoms with Crippen molar-refractivity contribution in [3.05, 3.63) is 70.7 Å². The second-order valence-corrected chi connectivity index (χ2v) is 6.77. The number of methoxy groups -OCH3 is 1. The molecule has 1 N–H and O–H groups in total. The Balaban J connectivity index is 1.67. The van der Waals surface area contributed by atoms with Gasteiger partial charge in [-0.25, -0.2) is 5.43 Å². The Morgan fingerprint density at radius 2 is 1.89 bits per heavy atom. The fraction of sp³-hybridized carbons (Fsp3) is 0.143. The molecule has 0 spiro atoms. The summed E-state index contributed by atoms with van der Waals surface area (Å²) in [4.78, 5) is 12.3. The molecule has 1 atom stereocenters. The number of fused-ring (bicyclic) bond motifs is 1. The first-order valence-electron chi connectivity index (χ1n) is 8.39. The summed E-state index contributed by atoms with van der Waals surface area (Å²) in [6.45, 7) is 1.69. The lowest BCUT2D eigenvalue weighted by molar-refractivity contribution is -0.127. The number of nitrogens with one attached hydrogen (secondary N) is 1. The normalized spacial score (nSPS) is 12.1. The standard InChI is InChI=1S/C21H19BrN2O3/c1-14(27-20-9-5-7-15-6-3-4-8-18(15)20)21(25)24-23-13-16-12-17(22)10-11-19(16)26-2/h3-14H,1-2H3,(H,24,25)/b23-13-/t14-/m0/s1. The van der Waals surface area contributed by atoms with Gasteiger partial charge in [-0.1, -0.05) is 52.3 Å². The monoisotopic (exact) mass is 426 g/mol. The number of carbonyl (C=O) groups excluding carboxylic acids is 1. The molecule has 0 saturated heterocycles. The van der Waals surface area contributed by atoms with Gasteiger partial charge in [-0.05, 0) is 36.6 Å². The van der Waals surface area contributed by atoms with Gasteiger partial charge >= 0.3 is 0 Å². The molecule has 138 valence electrons. The van der Waals surface area contributed by atoms with Gasteiger partial charge in [0.1, 0.15) is 11.5 Å². The number of hydrogen-bond acceptors (Lipinski definition) is 4. The van der Waals surface area contributed by atoms with Crippen LogP contribution in [0.25, 0.3) is 10.8 Å². The zero-order valence-corrected chi connectivity index (χ0v) is 16.6. The van der Waals surface area contributed by atoms with E-state index in [9.17, 15) is 4.79 Å². The van der Waals surface area contributed by atoms with Crippen LogP contribution in [0.5, 0.6) is 11.5 Å². The number of nitrogens with zero attached hydrogens (tertiary/aromatic N) is 1. The smallest absolute Gasteiger partial charge is 0.280 e. The average Bonchev–Trinajstić information content (AvgIpc) is 2.68. The predicted octanol–water partition coefficient (Wildman–Crippen LogP) is 4.53. The molecule has 5 nitrogen and oxygen atoms in total. The number of rotatable bonds is 6. The van der Waals surface area contributed by atoms with Crippen molar-refractivity contribution in [2.45, 2.75) is 13.0 Å². The highest BCUT2D eigenvalue weighted by atomic mass is 79.9. The van der Waals surface area contributed by atoms with Crippen LogP contribution in [-0.4, -0.2) is 25.3 Å². The van der Waals surface area contributed by atoms with E-state index in [4.69, 9.17) is 9.47 Å². The fourth-order valence-electron chi connectivity index (χ4n) is 2.60. The number of benzene rings is 3. The molecule has 0 saturated carbocycles. The number of halogens is 1. The minimum atomic E-state index is -0.697. The van der Waals surface area contributed by atoms with Gasteiger partial charge in [-0.15, -0.1) is 0 Å². The fourth-order valence-corrected chi connectivity index (χ4v) is 2.98. The maximum absolute atomic E-state index is 12.3. The summed E-state index contributed by atoms with van der Waals surface area (Å²) in [7, 11) is 1.58. The van der Waals surface area contributed by atoms with E-state index in [1.807, 2.05) is 60.7 Å². The Labute approximate surface area is 166 Å². The molecule has 1 amide bonds. The maximum Gasteiger partial charge on any atom is 0.280 e. The molecule has 0 heterocycles. The highest BCUT2D eigenvalue weighted by molar-refractivity contribution is 9.10. The molecule has 0 unspecified atom stereocenters. The second-order valence-electron chi connectivity index (χ2n) is 5.86. The molecule has 0 aliphatic rings. The van der Waals surface area contributed by atoms with Crippen molar-refractivity contribution in [3.8, 4) is 11.5 Å². The number of hydrazone groups is 1. The molecular weight excluding hydrogens is 408 g/mol. The van der Waals surface area contributed by atoms with Crippen LogP contribution in [0.2, 0.25) is 0 Å². The lowest BCUT2D eigenvalue weighted by atomic mass is 10.1. The zero-order valence-electron chi connectivity index (χ0n) is 15.0. The summed E-state index contributed by atoms with van der Waals surface area (Å²) in [5, 5.41) is 6.03. The summed E-state index contributed by atoms with van der Waals surface area (Å²) in [6, 6.07) is 19.2. The molecule has 0 radical (unpaired) electrons. The molecule has 27 heavy (non-hydrogen) atoms. The zero-order chi connectivity index (χ0) is 19.2. The predicted molar refractivity (Wildman–Crippen MR) is 110 cm³/mol. The summed E-state index contributed by atoms with van der Waals surface area (Å²) in [5.41, 5.74) is 3.25. The third kappa shape index (κ3) is 4.65. The molecule has 0 aliphatic heterocycles. The molecule has 3 rings (SSSR count). The summed E-state index contributed by atoms with van der Waals surface area (Å²) in [6.07, 6.45) is 0.837. The first kappa shape index (κ1) is 18.9. The number of hydrogen-bond donors (Lipinski definition) is 1. The quantitative estimate of drug-likeness (QED) is 0.465. The highest BCUT2D eigenvalue weighted by Gasteiger charge is 2.15. The molecular formula is C21H19BrN2O3. The Morgan fingerprint density at radius 3 is 2.70 bits per heavy atom. The van der Waals surface area contributed by atoms with E-state index in [0.29, 0.717) is 11.5 Å². The van der Waals surface area contributed by atoms with E-state index in [1.165, 1.54) is 6.21 Å². The molecule has 3 aromatic rings. The van der Waals surface area contributed by atoms with Crippen LogP contribution in [0.3, 0.4) is 0 Å². The minimum absolute atomic E-state index is 0.340. The Bertz CT molecular complexity index is 983. The third-order valence-electron chi connectivity index (χ3n) is 3.99. The van der Waals surface area contributed by atoms with Gasteiger partial charge in [-0.3, -0.25) is 4.79 Å². The van der Waals surface area contributed by atoms with E-state index < -0.39 is 6.10 Å². The molecule has 0 fully saturated rings. The summed E-state index contributed by atoms with van der Waals surface area (Å²) >= 11 is 3.40. The molecule has 0 bridgehead atoms. The van der Waals surface area contributed by atoms with Gasteiger partial charge in [-0.2, -0.15) is 5.10 Å². The first-order chi connectivity index (χ1) is 13.1. The van der Waals surface area contributed by atoms with Gasteiger partial charge in [0.15, 0.2) is 6.10 Å². The maximum atomic E-state index is 12.3. The van der Waals surface area contributed by atoms with Crippen LogP contribution >= 0.6 is 15.9 Å². The van der Waals surface area contributed by atoms with E-state index in [2.05, 4.69) is 26.5 Å². The molecule has 0 aromatic heterocycles. The molecule has 6 heteroatoms. The Morgan fingerprint density at radius 1 is 1.11 bits per heavy atom. The van der Waals surface area contributed by atoms with Crippen molar-refractivity contribution in [1.29, 1.82) is 0 Å². The topological polar surface area (TPSA) is 59.9 Å². The summed E-state index contributed by atoms with van der Waals surface area (Å²) < 4.78 is 12.0. The number of amides is 1. The van der Waals surface area contributed by atoms with E-state index in [0.717, 1.165) is 20.8 Å². The van der Waals surface area contributed by atoms with Crippen molar-refractivity contribution in [2.24, 2.45) is 5.10 Å². The molecule has 3 aromatic carbocycles. The average molecular weight is 427 g/mol. The van der Waals surface area contributed by atoms with Crippen molar-refractivity contribution in [3.63, 3.8) is 0 Å². The second kappa shape index (κ2) is 8.68. The van der Waals surface area contributed by atoms with Gasteiger partial charge in [0.25, 0.3) is 5.91 Å². The molecule has 0 aliphatic carbocycles. The highest BCUT2D eigenvalue weighted by Crippen LogP contribution is 2.26. The summed E-state index contributed by atoms with van der Waals surface area (Å²) in [5.74, 6) is 0.984. The largest absolute Gasteiger partial charge is 0.496 e. The van der Waals surface area contributed by atoms with Crippen LogP contribution in [0, 0.1) is 0 Å². The third-order valence-corrected chi connectivity index (χ3v) is 4.49. The first-order valence-corrected chi connectivity index (χ1v) is 9.18. The van der Waals surface area contributed by atoms with E-state index in [1.54, 1.807) is 14.0 Å². The Hall–Kier alpha value is -2.86. The van der Waals surface area contributed by atoms with Crippen LogP contribution in [0.1, 0.15) is 12.5 Å². The Kier molecular flexibility index (Phi) is 6.08. The van der Waals surface area contributed by atoms with Crippen LogP contribution in [-0.2, 0) is 4.79 Å². The lowest BCUT2D eigenvalue weighted by Crippen LogP contribution is -2.33. The van der Waals surface area contributed by atoms with Gasteiger partial charge in [0.05, 0.1) is 13.3 Å². The van der Waals surface area contributed by atoms with Gasteiger partial charge < -0.3 is 9.47 Å². The van der Waals surface area contributed by atoms with Crippen molar-refractivity contribution in [1.82, 2.24) is 5.43 Å². The van der Waals surface area contributed by atoms with Crippen molar-refractivity contribution >= 4 is 38.8 Å². The van der Waals surface area contributed by atoms with Gasteiger partial charge in [0, 0.05) is 15.4 Å². The van der Waals surface area contributed by atoms with Crippen LogP contribution < -0.4 is 14.9 Å². The van der Waals surface area contributed by atoms with Crippen LogP contribution in [0.4, 0.5) is 0 Å². The number of carbonyl (C=O) groups is 1. The minimum Gasteiger partial charge on any atom is -0.496 e. The number of ether oxygens (including phenoxy) is 2. The van der Waals surface area contributed by atoms with E-state index in [-0.39, 0.29) is 5.91 Å². The van der Waals surface area contributed by atoms with Gasteiger partial charge in [0.2, 0.25) is 0 Å². The lowest BCUT2D eigenvalue weighted by Gasteiger charge is -2.14. The van der Waals surface area contributed by atoms with E-state index >= 15 is 0 Å². The van der Waals surface area contributed by atoms with Crippen LogP contribution in [0.15, 0.2) is 70.2 Å². The van der Waals surface area contributed by atoms with Crippen molar-refractivity contribution < 1.29 is 14.3 Å².